The van der Waals surface area contributed by atoms with E-state index in [9.17, 15) is 14.4 Å². The fourth-order valence-electron chi connectivity index (χ4n) is 3.73. The van der Waals surface area contributed by atoms with Gasteiger partial charge in [0.25, 0.3) is 0 Å². The van der Waals surface area contributed by atoms with Crippen LogP contribution < -0.4 is 5.32 Å². The molecule has 2 aliphatic heterocycles. The smallest absolute Gasteiger partial charge is 0.410 e. The molecule has 0 aromatic heterocycles. The Morgan fingerprint density at radius 3 is 2.36 bits per heavy atom. The molecule has 7 heteroatoms. The van der Waals surface area contributed by atoms with Crippen LogP contribution in [0.25, 0.3) is 0 Å². The number of carbonyl (C=O) groups excluding carboxylic acids is 3. The SMILES string of the molecule is CC(C)(C)OC(=O)N1CCC(N2CC(=O)N[C@@H](c3ccccc3)CC2=O)CC1. The van der Waals surface area contributed by atoms with Gasteiger partial charge in [-0.05, 0) is 39.2 Å². The summed E-state index contributed by atoms with van der Waals surface area (Å²) in [6, 6.07) is 9.23. The minimum Gasteiger partial charge on any atom is -0.444 e. The first-order chi connectivity index (χ1) is 13.2. The van der Waals surface area contributed by atoms with Crippen LogP contribution in [0.5, 0.6) is 0 Å². The molecule has 0 radical (unpaired) electrons. The highest BCUT2D eigenvalue weighted by Gasteiger charge is 2.35. The lowest BCUT2D eigenvalue weighted by Crippen LogP contribution is -2.50. The van der Waals surface area contributed by atoms with Crippen LogP contribution in [-0.2, 0) is 14.3 Å². The summed E-state index contributed by atoms with van der Waals surface area (Å²) in [6.45, 7) is 6.64. The van der Waals surface area contributed by atoms with E-state index >= 15 is 0 Å². The highest BCUT2D eigenvalue weighted by atomic mass is 16.6. The van der Waals surface area contributed by atoms with E-state index in [4.69, 9.17) is 4.74 Å². The Labute approximate surface area is 166 Å². The molecular formula is C21H29N3O4. The third-order valence-electron chi connectivity index (χ3n) is 5.11. The third kappa shape index (κ3) is 5.03. The van der Waals surface area contributed by atoms with Crippen molar-refractivity contribution in [1.29, 1.82) is 0 Å². The standard InChI is InChI=1S/C21H29N3O4/c1-21(2,3)28-20(27)23-11-9-16(10-12-23)24-14-18(25)22-17(13-19(24)26)15-7-5-4-6-8-15/h4-8,16-17H,9-14H2,1-3H3,(H,22,25)/t17-/m1/s1. The van der Waals surface area contributed by atoms with E-state index in [1.807, 2.05) is 51.1 Å². The van der Waals surface area contributed by atoms with Crippen molar-refractivity contribution in [1.82, 2.24) is 15.1 Å². The molecule has 0 unspecified atom stereocenters. The quantitative estimate of drug-likeness (QED) is 0.846. The van der Waals surface area contributed by atoms with Gasteiger partial charge in [-0.3, -0.25) is 9.59 Å². The molecule has 152 valence electrons. The van der Waals surface area contributed by atoms with Gasteiger partial charge in [-0.2, -0.15) is 0 Å². The maximum Gasteiger partial charge on any atom is 0.410 e. The number of amides is 3. The van der Waals surface area contributed by atoms with Crippen molar-refractivity contribution < 1.29 is 19.1 Å². The van der Waals surface area contributed by atoms with Crippen molar-refractivity contribution >= 4 is 17.9 Å². The third-order valence-corrected chi connectivity index (χ3v) is 5.11. The molecule has 2 heterocycles. The van der Waals surface area contributed by atoms with E-state index in [0.29, 0.717) is 25.9 Å². The lowest BCUT2D eigenvalue weighted by Gasteiger charge is -2.38. The van der Waals surface area contributed by atoms with Gasteiger partial charge in [0.1, 0.15) is 5.60 Å². The molecule has 2 fully saturated rings. The second-order valence-corrected chi connectivity index (χ2v) is 8.46. The molecule has 2 aliphatic rings. The van der Waals surface area contributed by atoms with Crippen LogP contribution in [0.3, 0.4) is 0 Å². The molecule has 3 amide bonds. The van der Waals surface area contributed by atoms with Gasteiger partial charge < -0.3 is 19.9 Å². The van der Waals surface area contributed by atoms with E-state index in [0.717, 1.165) is 5.56 Å². The number of ether oxygens (including phenoxy) is 1. The fourth-order valence-corrected chi connectivity index (χ4v) is 3.73. The molecule has 0 bridgehead atoms. The van der Waals surface area contributed by atoms with Gasteiger partial charge in [0.15, 0.2) is 0 Å². The van der Waals surface area contributed by atoms with Crippen LogP contribution in [0.4, 0.5) is 4.79 Å². The molecule has 2 saturated heterocycles. The minimum atomic E-state index is -0.529. The van der Waals surface area contributed by atoms with Crippen molar-refractivity contribution in [2.24, 2.45) is 0 Å². The van der Waals surface area contributed by atoms with Gasteiger partial charge in [-0.15, -0.1) is 0 Å². The van der Waals surface area contributed by atoms with E-state index in [-0.39, 0.29) is 43.0 Å². The predicted molar refractivity (Wildman–Crippen MR) is 104 cm³/mol. The number of hydrogen-bond donors (Lipinski definition) is 1. The van der Waals surface area contributed by atoms with Crippen LogP contribution in [0.1, 0.15) is 51.6 Å². The average molecular weight is 387 g/mol. The molecule has 1 aromatic rings. The largest absolute Gasteiger partial charge is 0.444 e. The fraction of sp³-hybridized carbons (Fsp3) is 0.571. The van der Waals surface area contributed by atoms with Crippen LogP contribution in [0.2, 0.25) is 0 Å². The summed E-state index contributed by atoms with van der Waals surface area (Å²) in [6.07, 6.45) is 1.22. The van der Waals surface area contributed by atoms with Gasteiger partial charge in [-0.25, -0.2) is 4.79 Å². The Kier molecular flexibility index (Phi) is 5.91. The number of carbonyl (C=O) groups is 3. The summed E-state index contributed by atoms with van der Waals surface area (Å²) in [7, 11) is 0. The Bertz CT molecular complexity index is 721. The Balaban J connectivity index is 1.61. The highest BCUT2D eigenvalue weighted by molar-refractivity contribution is 5.88. The van der Waals surface area contributed by atoms with Crippen LogP contribution in [0, 0.1) is 0 Å². The van der Waals surface area contributed by atoms with Crippen LogP contribution >= 0.6 is 0 Å². The molecule has 28 heavy (non-hydrogen) atoms. The zero-order chi connectivity index (χ0) is 20.3. The molecule has 0 aliphatic carbocycles. The van der Waals surface area contributed by atoms with Crippen molar-refractivity contribution in [3.63, 3.8) is 0 Å². The monoisotopic (exact) mass is 387 g/mol. The summed E-state index contributed by atoms with van der Waals surface area (Å²) in [5.41, 5.74) is 0.407. The van der Waals surface area contributed by atoms with E-state index in [1.165, 1.54) is 0 Å². The maximum atomic E-state index is 12.9. The lowest BCUT2D eigenvalue weighted by molar-refractivity contribution is -0.137. The molecular weight excluding hydrogens is 358 g/mol. The Hall–Kier alpha value is -2.57. The van der Waals surface area contributed by atoms with E-state index in [1.54, 1.807) is 9.80 Å². The summed E-state index contributed by atoms with van der Waals surface area (Å²) < 4.78 is 5.42. The van der Waals surface area contributed by atoms with E-state index < -0.39 is 5.60 Å². The average Bonchev–Trinajstić information content (AvgIpc) is 2.79. The zero-order valence-corrected chi connectivity index (χ0v) is 16.8. The first-order valence-corrected chi connectivity index (χ1v) is 9.84. The van der Waals surface area contributed by atoms with Gasteiger partial charge >= 0.3 is 6.09 Å². The van der Waals surface area contributed by atoms with Crippen molar-refractivity contribution in [2.75, 3.05) is 19.6 Å². The number of hydrogen-bond acceptors (Lipinski definition) is 4. The number of piperidine rings is 1. The van der Waals surface area contributed by atoms with Crippen molar-refractivity contribution in [3.8, 4) is 0 Å². The molecule has 0 saturated carbocycles. The first-order valence-electron chi connectivity index (χ1n) is 9.84. The molecule has 0 spiro atoms. The van der Waals surface area contributed by atoms with Crippen LogP contribution in [0.15, 0.2) is 30.3 Å². The number of nitrogens with zero attached hydrogens (tertiary/aromatic N) is 2. The second-order valence-electron chi connectivity index (χ2n) is 8.46. The minimum absolute atomic E-state index is 0.0251. The number of benzene rings is 1. The Morgan fingerprint density at radius 2 is 1.75 bits per heavy atom. The summed E-state index contributed by atoms with van der Waals surface area (Å²) >= 11 is 0. The predicted octanol–water partition coefficient (Wildman–Crippen LogP) is 2.48. The molecule has 1 aromatic carbocycles. The topological polar surface area (TPSA) is 79.0 Å². The molecule has 1 atom stereocenters. The second kappa shape index (κ2) is 8.20. The van der Waals surface area contributed by atoms with Crippen molar-refractivity contribution in [3.05, 3.63) is 35.9 Å². The first kappa shape index (κ1) is 20.2. The molecule has 1 N–H and O–H groups in total. The lowest BCUT2D eigenvalue weighted by atomic mass is 10.0. The summed E-state index contributed by atoms with van der Waals surface area (Å²) in [5.74, 6) is -0.169. The van der Waals surface area contributed by atoms with Crippen molar-refractivity contribution in [2.45, 2.75) is 57.7 Å². The molecule has 3 rings (SSSR count). The number of nitrogens with one attached hydrogen (secondary N) is 1. The van der Waals surface area contributed by atoms with E-state index in [2.05, 4.69) is 5.32 Å². The Morgan fingerprint density at radius 1 is 1.11 bits per heavy atom. The van der Waals surface area contributed by atoms with Gasteiger partial charge in [-0.1, -0.05) is 30.3 Å². The highest BCUT2D eigenvalue weighted by Crippen LogP contribution is 2.25. The zero-order valence-electron chi connectivity index (χ0n) is 16.8. The molecule has 7 nitrogen and oxygen atoms in total. The van der Waals surface area contributed by atoms with Gasteiger partial charge in [0.05, 0.1) is 19.0 Å². The maximum absolute atomic E-state index is 12.9. The summed E-state index contributed by atoms with van der Waals surface area (Å²) in [4.78, 5) is 40.9. The normalized spacial score (nSPS) is 21.9. The van der Waals surface area contributed by atoms with Gasteiger partial charge in [0, 0.05) is 19.1 Å². The van der Waals surface area contributed by atoms with Crippen LogP contribution in [-0.4, -0.2) is 59.0 Å². The number of likely N-dealkylation sites (tertiary alicyclic amines) is 1. The van der Waals surface area contributed by atoms with Gasteiger partial charge in [0.2, 0.25) is 11.8 Å². The number of rotatable bonds is 2. The summed E-state index contributed by atoms with van der Waals surface area (Å²) in [5, 5.41) is 2.96.